The Bertz CT molecular complexity index is 488. The van der Waals surface area contributed by atoms with Gasteiger partial charge >= 0.3 is 5.97 Å². The van der Waals surface area contributed by atoms with E-state index < -0.39 is 0 Å². The number of nitrogens with two attached hydrogens (primary N) is 1. The molecule has 2 N–H and O–H groups in total. The minimum atomic E-state index is -0.174. The van der Waals surface area contributed by atoms with Crippen LogP contribution in [0.3, 0.4) is 0 Å². The van der Waals surface area contributed by atoms with Gasteiger partial charge in [0.25, 0.3) is 0 Å². The van der Waals surface area contributed by atoms with E-state index >= 15 is 0 Å². The van der Waals surface area contributed by atoms with Crippen LogP contribution in [-0.2, 0) is 9.53 Å². The molecule has 0 saturated carbocycles. The summed E-state index contributed by atoms with van der Waals surface area (Å²) in [5.41, 5.74) is 5.72. The van der Waals surface area contributed by atoms with Gasteiger partial charge in [-0.05, 0) is 12.3 Å². The van der Waals surface area contributed by atoms with Gasteiger partial charge in [-0.2, -0.15) is 0 Å². The molecule has 1 aromatic rings. The lowest BCUT2D eigenvalue weighted by atomic mass is 10.00. The summed E-state index contributed by atoms with van der Waals surface area (Å²) in [6, 6.07) is 0. The largest absolute Gasteiger partial charge is 0.465 e. The Morgan fingerprint density at radius 3 is 2.87 bits per heavy atom. The smallest absolute Gasteiger partial charge is 0.306 e. The van der Waals surface area contributed by atoms with E-state index in [0.29, 0.717) is 29.7 Å². The number of thioether (sulfide) groups is 1. The molecule has 0 aliphatic heterocycles. The van der Waals surface area contributed by atoms with Gasteiger partial charge in [-0.1, -0.05) is 51.1 Å². The zero-order valence-electron chi connectivity index (χ0n) is 13.9. The minimum absolute atomic E-state index is 0.174. The van der Waals surface area contributed by atoms with Gasteiger partial charge in [-0.25, -0.2) is 9.97 Å². The molecule has 0 bridgehead atoms. The van der Waals surface area contributed by atoms with Gasteiger partial charge in [-0.3, -0.25) is 4.79 Å². The number of anilines is 1. The fraction of sp³-hybridized carbons (Fsp3) is 0.688. The van der Waals surface area contributed by atoms with E-state index in [4.69, 9.17) is 22.1 Å². The highest BCUT2D eigenvalue weighted by Gasteiger charge is 2.11. The predicted molar refractivity (Wildman–Crippen MR) is 95.7 cm³/mol. The normalized spacial score (nSPS) is 12.1. The average Bonchev–Trinajstić information content (AvgIpc) is 2.53. The molecular weight excluding hydrogens is 334 g/mol. The third-order valence-corrected chi connectivity index (χ3v) is 4.73. The van der Waals surface area contributed by atoms with Crippen molar-refractivity contribution < 1.29 is 9.53 Å². The molecule has 0 aliphatic carbocycles. The molecule has 5 nitrogen and oxygen atoms in total. The number of hydrogen-bond donors (Lipinski definition) is 1. The van der Waals surface area contributed by atoms with Crippen LogP contribution in [0.2, 0.25) is 5.15 Å². The molecule has 1 heterocycles. The number of unbranched alkanes of at least 4 members (excludes halogenated alkanes) is 2. The summed E-state index contributed by atoms with van der Waals surface area (Å²) < 4.78 is 5.37. The molecule has 0 spiro atoms. The van der Waals surface area contributed by atoms with Crippen molar-refractivity contribution in [1.82, 2.24) is 9.97 Å². The molecule has 1 atom stereocenters. The molecular formula is C16H26ClN3O2S. The fourth-order valence-electron chi connectivity index (χ4n) is 2.08. The number of hydrogen-bond acceptors (Lipinski definition) is 6. The van der Waals surface area contributed by atoms with E-state index in [-0.39, 0.29) is 16.9 Å². The second kappa shape index (κ2) is 11.5. The third kappa shape index (κ3) is 8.42. The van der Waals surface area contributed by atoms with Crippen molar-refractivity contribution in [2.75, 3.05) is 18.1 Å². The van der Waals surface area contributed by atoms with Gasteiger partial charge in [0.05, 0.1) is 19.2 Å². The van der Waals surface area contributed by atoms with Gasteiger partial charge in [0, 0.05) is 5.75 Å². The minimum Gasteiger partial charge on any atom is -0.465 e. The number of halogens is 1. The summed E-state index contributed by atoms with van der Waals surface area (Å²) in [5, 5.41) is 0.855. The maximum atomic E-state index is 11.8. The van der Waals surface area contributed by atoms with Crippen molar-refractivity contribution in [2.24, 2.45) is 5.92 Å². The number of esters is 1. The van der Waals surface area contributed by atoms with Gasteiger partial charge in [-0.15, -0.1) is 11.8 Å². The summed E-state index contributed by atoms with van der Waals surface area (Å²) in [7, 11) is 0. The zero-order valence-corrected chi connectivity index (χ0v) is 15.5. The van der Waals surface area contributed by atoms with Crippen molar-refractivity contribution in [3.05, 3.63) is 11.3 Å². The van der Waals surface area contributed by atoms with E-state index in [1.165, 1.54) is 37.2 Å². The van der Waals surface area contributed by atoms with E-state index in [2.05, 4.69) is 23.8 Å². The highest BCUT2D eigenvalue weighted by Crippen LogP contribution is 2.22. The molecule has 0 saturated heterocycles. The quantitative estimate of drug-likeness (QED) is 0.359. The number of nitrogens with zero attached hydrogens (tertiary/aromatic N) is 2. The maximum absolute atomic E-state index is 11.8. The second-order valence-electron chi connectivity index (χ2n) is 5.43. The van der Waals surface area contributed by atoms with Crippen molar-refractivity contribution >= 4 is 35.1 Å². The SMILES string of the molecule is CCCCCC(CC)COC(=O)CCSc1ncc(Cl)nc1N. The zero-order chi connectivity index (χ0) is 17.1. The summed E-state index contributed by atoms with van der Waals surface area (Å²) in [6.45, 7) is 4.85. The number of ether oxygens (including phenoxy) is 1. The molecule has 0 amide bonds. The molecule has 0 radical (unpaired) electrons. The first-order valence-corrected chi connectivity index (χ1v) is 9.49. The molecule has 7 heteroatoms. The van der Waals surface area contributed by atoms with E-state index in [1.54, 1.807) is 0 Å². The molecule has 1 unspecified atom stereocenters. The van der Waals surface area contributed by atoms with Crippen molar-refractivity contribution in [3.63, 3.8) is 0 Å². The predicted octanol–water partition coefficient (Wildman–Crippen LogP) is 4.34. The van der Waals surface area contributed by atoms with Crippen molar-refractivity contribution in [3.8, 4) is 0 Å². The van der Waals surface area contributed by atoms with Crippen LogP contribution < -0.4 is 5.73 Å². The second-order valence-corrected chi connectivity index (χ2v) is 6.91. The molecule has 0 aliphatic rings. The standard InChI is InChI=1S/C16H26ClN3O2S/c1-3-5-6-7-12(4-2)11-22-14(21)8-9-23-16-15(18)20-13(17)10-19-16/h10,12H,3-9,11H2,1-2H3,(H2,18,20). The summed E-state index contributed by atoms with van der Waals surface area (Å²) >= 11 is 7.08. The Kier molecular flexibility index (Phi) is 10.0. The Balaban J connectivity index is 2.23. The Hall–Kier alpha value is -1.01. The summed E-state index contributed by atoms with van der Waals surface area (Å²) in [6.07, 6.45) is 7.61. The summed E-state index contributed by atoms with van der Waals surface area (Å²) in [4.78, 5) is 19.8. The molecule has 23 heavy (non-hydrogen) atoms. The Morgan fingerprint density at radius 2 is 2.22 bits per heavy atom. The summed E-state index contributed by atoms with van der Waals surface area (Å²) in [5.74, 6) is 1.15. The van der Waals surface area contributed by atoms with Gasteiger partial charge in [0.15, 0.2) is 5.82 Å². The van der Waals surface area contributed by atoms with Crippen LogP contribution in [0.15, 0.2) is 11.2 Å². The van der Waals surface area contributed by atoms with Crippen LogP contribution >= 0.6 is 23.4 Å². The lowest BCUT2D eigenvalue weighted by Crippen LogP contribution is -2.14. The molecule has 0 aromatic carbocycles. The lowest BCUT2D eigenvalue weighted by Gasteiger charge is -2.14. The van der Waals surface area contributed by atoms with Crippen LogP contribution in [-0.4, -0.2) is 28.3 Å². The molecule has 130 valence electrons. The van der Waals surface area contributed by atoms with E-state index in [0.717, 1.165) is 12.8 Å². The number of carbonyl (C=O) groups excluding carboxylic acids is 1. The topological polar surface area (TPSA) is 78.1 Å². The van der Waals surface area contributed by atoms with Crippen molar-refractivity contribution in [2.45, 2.75) is 57.4 Å². The number of carbonyl (C=O) groups is 1. The van der Waals surface area contributed by atoms with Gasteiger partial charge < -0.3 is 10.5 Å². The number of nitrogen functional groups attached to an aromatic ring is 1. The van der Waals surface area contributed by atoms with Crippen molar-refractivity contribution in [1.29, 1.82) is 0 Å². The van der Waals surface area contributed by atoms with Crippen LogP contribution in [0, 0.1) is 5.92 Å². The van der Waals surface area contributed by atoms with Crippen LogP contribution in [0.1, 0.15) is 52.4 Å². The Labute approximate surface area is 147 Å². The highest BCUT2D eigenvalue weighted by atomic mass is 35.5. The third-order valence-electron chi connectivity index (χ3n) is 3.55. The fourth-order valence-corrected chi connectivity index (χ4v) is 3.01. The Morgan fingerprint density at radius 1 is 1.43 bits per heavy atom. The first kappa shape index (κ1) is 20.0. The first-order chi connectivity index (χ1) is 11.1. The van der Waals surface area contributed by atoms with Gasteiger partial charge in [0.1, 0.15) is 10.2 Å². The van der Waals surface area contributed by atoms with E-state index in [9.17, 15) is 4.79 Å². The van der Waals surface area contributed by atoms with Crippen LogP contribution in [0.5, 0.6) is 0 Å². The molecule has 0 fully saturated rings. The van der Waals surface area contributed by atoms with Crippen LogP contribution in [0.25, 0.3) is 0 Å². The maximum Gasteiger partial charge on any atom is 0.306 e. The average molecular weight is 360 g/mol. The monoisotopic (exact) mass is 359 g/mol. The lowest BCUT2D eigenvalue weighted by molar-refractivity contribution is -0.144. The van der Waals surface area contributed by atoms with E-state index in [1.807, 2.05) is 0 Å². The molecule has 1 rings (SSSR count). The molecule has 1 aromatic heterocycles. The van der Waals surface area contributed by atoms with Gasteiger partial charge in [0.2, 0.25) is 0 Å². The van der Waals surface area contributed by atoms with Crippen LogP contribution in [0.4, 0.5) is 5.82 Å². The number of aromatic nitrogens is 2. The highest BCUT2D eigenvalue weighted by molar-refractivity contribution is 7.99. The number of rotatable bonds is 11. The first-order valence-electron chi connectivity index (χ1n) is 8.13.